The lowest BCUT2D eigenvalue weighted by atomic mass is 9.69. The number of rotatable bonds is 11. The smallest absolute Gasteiger partial charge is 0.261 e. The molecule has 4 atom stereocenters. The van der Waals surface area contributed by atoms with Gasteiger partial charge in [0, 0.05) is 19.2 Å². The quantitative estimate of drug-likeness (QED) is 0.116. The summed E-state index contributed by atoms with van der Waals surface area (Å²) in [5.74, 6) is -0.122. The third-order valence-corrected chi connectivity index (χ3v) is 15.9. The number of carbonyl (C=O) groups excluding carboxylic acids is 2. The van der Waals surface area contributed by atoms with Crippen molar-refractivity contribution in [1.82, 2.24) is 9.88 Å². The normalized spacial score (nSPS) is 22.5. The third-order valence-electron chi connectivity index (χ3n) is 10.9. The number of benzene rings is 2. The van der Waals surface area contributed by atoms with Gasteiger partial charge in [-0.05, 0) is 81.7 Å². The van der Waals surface area contributed by atoms with Crippen LogP contribution in [0.5, 0.6) is 0 Å². The number of aromatic nitrogens is 1. The van der Waals surface area contributed by atoms with Crippen molar-refractivity contribution >= 4 is 42.2 Å². The lowest BCUT2D eigenvalue weighted by Gasteiger charge is -2.44. The predicted octanol–water partition coefficient (Wildman–Crippen LogP) is 6.01. The van der Waals surface area contributed by atoms with E-state index >= 15 is 0 Å². The van der Waals surface area contributed by atoms with Crippen LogP contribution in [0, 0.1) is 17.8 Å². The first-order valence-corrected chi connectivity index (χ1v) is 19.7. The fraction of sp³-hybridized carbons (Fsp3) is 0.357. The molecule has 2 amide bonds. The maximum Gasteiger partial charge on any atom is 0.261 e. The molecule has 51 heavy (non-hydrogen) atoms. The highest BCUT2D eigenvalue weighted by molar-refractivity contribution is 6.99. The molecule has 2 saturated heterocycles. The Hall–Kier alpha value is -4.41. The molecule has 2 aromatic carbocycles. The Morgan fingerprint density at radius 3 is 2.24 bits per heavy atom. The molecule has 2 aliphatic heterocycles. The van der Waals surface area contributed by atoms with Crippen LogP contribution in [-0.2, 0) is 25.4 Å². The van der Waals surface area contributed by atoms with Crippen LogP contribution in [0.25, 0.3) is 11.6 Å². The van der Waals surface area contributed by atoms with E-state index in [0.717, 1.165) is 22.4 Å². The van der Waals surface area contributed by atoms with Crippen LogP contribution in [0.15, 0.2) is 113 Å². The molecule has 264 valence electrons. The number of aliphatic hydroxyl groups excluding tert-OH is 1. The highest BCUT2D eigenvalue weighted by atomic mass is 28.4. The van der Waals surface area contributed by atoms with Crippen LogP contribution in [0.2, 0.25) is 5.04 Å². The summed E-state index contributed by atoms with van der Waals surface area (Å²) < 4.78 is 19.9. The van der Waals surface area contributed by atoms with Crippen LogP contribution < -0.4 is 10.4 Å². The zero-order chi connectivity index (χ0) is 35.8. The molecule has 4 aromatic rings. The van der Waals surface area contributed by atoms with Gasteiger partial charge in [-0.2, -0.15) is 0 Å². The van der Waals surface area contributed by atoms with Gasteiger partial charge in [0.25, 0.3) is 8.32 Å². The monoisotopic (exact) mass is 702 g/mol. The molecule has 0 bridgehead atoms. The number of furan rings is 1. The zero-order valence-electron chi connectivity index (χ0n) is 29.7. The Labute approximate surface area is 300 Å². The van der Waals surface area contributed by atoms with E-state index in [1.54, 1.807) is 19.3 Å². The maximum absolute atomic E-state index is 13.6. The van der Waals surface area contributed by atoms with E-state index in [0.29, 0.717) is 44.0 Å². The molecule has 0 spiro atoms. The van der Waals surface area contributed by atoms with Crippen molar-refractivity contribution < 1.29 is 28.3 Å². The number of hydrogen-bond acceptors (Lipinski definition) is 7. The Bertz CT molecular complexity index is 1890. The zero-order valence-corrected chi connectivity index (χ0v) is 30.7. The van der Waals surface area contributed by atoms with Gasteiger partial charge in [0.15, 0.2) is 0 Å². The van der Waals surface area contributed by atoms with E-state index in [-0.39, 0.29) is 35.5 Å². The summed E-state index contributed by atoms with van der Waals surface area (Å²) in [6, 6.07) is 30.6. The molecule has 3 aliphatic rings. The summed E-state index contributed by atoms with van der Waals surface area (Å²) in [5, 5.41) is 11.7. The summed E-state index contributed by atoms with van der Waals surface area (Å²) in [7, 11) is -1.28. The summed E-state index contributed by atoms with van der Waals surface area (Å²) in [6.07, 6.45) is 5.26. The second-order valence-corrected chi connectivity index (χ2v) is 19.2. The van der Waals surface area contributed by atoms with E-state index in [2.05, 4.69) is 74.3 Å². The van der Waals surface area contributed by atoms with Crippen molar-refractivity contribution in [1.29, 1.82) is 0 Å². The minimum Gasteiger partial charge on any atom is -0.459 e. The number of imide groups is 1. The number of nitrogens with zero attached hydrogens (tertiary/aromatic N) is 2. The lowest BCUT2D eigenvalue weighted by Crippen LogP contribution is -2.66. The summed E-state index contributed by atoms with van der Waals surface area (Å²) in [6.45, 7) is 7.36. The molecule has 7 rings (SSSR count). The first-order valence-electron chi connectivity index (χ1n) is 17.8. The molecule has 4 heterocycles. The number of ether oxygens (including phenoxy) is 1. The van der Waals surface area contributed by atoms with E-state index in [1.165, 1.54) is 15.3 Å². The molecule has 1 aliphatic carbocycles. The van der Waals surface area contributed by atoms with Crippen molar-refractivity contribution in [3.8, 4) is 0 Å². The Morgan fingerprint density at radius 2 is 1.63 bits per heavy atom. The second kappa shape index (κ2) is 14.3. The number of allylic oxidation sites excluding steroid dienone is 1. The van der Waals surface area contributed by atoms with Crippen LogP contribution in [0.1, 0.15) is 57.2 Å². The van der Waals surface area contributed by atoms with E-state index in [9.17, 15) is 14.7 Å². The number of aliphatic hydroxyl groups is 1. The van der Waals surface area contributed by atoms with E-state index in [4.69, 9.17) is 13.6 Å². The van der Waals surface area contributed by atoms with E-state index in [1.807, 2.05) is 42.5 Å². The first-order chi connectivity index (χ1) is 24.6. The van der Waals surface area contributed by atoms with Crippen molar-refractivity contribution in [3.63, 3.8) is 0 Å². The Kier molecular flexibility index (Phi) is 9.82. The van der Waals surface area contributed by atoms with Crippen molar-refractivity contribution in [2.24, 2.45) is 17.8 Å². The largest absolute Gasteiger partial charge is 0.459 e. The topological polar surface area (TPSA) is 102 Å². The first kappa shape index (κ1) is 35.0. The number of fused-ring (bicyclic) bond motifs is 3. The van der Waals surface area contributed by atoms with Crippen LogP contribution in [0.3, 0.4) is 0 Å². The Morgan fingerprint density at radius 1 is 0.941 bits per heavy atom. The standard InChI is InChI=1S/C42H46N2O6Si/c1-42(2,3)51(32-13-7-5-8-14-32,33-15-9-6-10-16-33)49-26-29-24-34-39(41(47)44(4)40(34)46)35-27-48-37(38(29)35)21-18-28(36-17-11-12-22-43-36)23-30-19-20-31(25-45)50-30/h5-17,19-20,22-23,34-35,37,39,45H,18,21,24-27H2,1-4H3/b28-23-/t34-,35+,37-,39-/m1/s1. The molecule has 0 radical (unpaired) electrons. The predicted molar refractivity (Wildman–Crippen MR) is 199 cm³/mol. The maximum atomic E-state index is 13.6. The van der Waals surface area contributed by atoms with Gasteiger partial charge < -0.3 is 18.7 Å². The van der Waals surface area contributed by atoms with Crippen molar-refractivity contribution in [2.45, 2.75) is 57.8 Å². The highest BCUT2D eigenvalue weighted by Gasteiger charge is 2.57. The van der Waals surface area contributed by atoms with Gasteiger partial charge in [-0.1, -0.05) is 87.5 Å². The minimum absolute atomic E-state index is 0.114. The second-order valence-electron chi connectivity index (χ2n) is 14.9. The fourth-order valence-electron chi connectivity index (χ4n) is 8.56. The third kappa shape index (κ3) is 6.48. The molecule has 2 aromatic heterocycles. The average Bonchev–Trinajstić information content (AvgIpc) is 3.85. The molecule has 9 heteroatoms. The Balaban J connectivity index is 1.27. The number of hydrogen-bond donors (Lipinski definition) is 1. The number of amides is 2. The molecule has 2 fully saturated rings. The van der Waals surface area contributed by atoms with Gasteiger partial charge in [-0.25, -0.2) is 0 Å². The average molecular weight is 703 g/mol. The van der Waals surface area contributed by atoms with Gasteiger partial charge in [-0.3, -0.25) is 19.5 Å². The van der Waals surface area contributed by atoms with Crippen LogP contribution in [0.4, 0.5) is 0 Å². The van der Waals surface area contributed by atoms with Gasteiger partial charge in [0.1, 0.15) is 18.1 Å². The van der Waals surface area contributed by atoms with Crippen molar-refractivity contribution in [2.75, 3.05) is 20.3 Å². The number of carbonyl (C=O) groups is 2. The van der Waals surface area contributed by atoms with Gasteiger partial charge in [-0.15, -0.1) is 0 Å². The highest BCUT2D eigenvalue weighted by Crippen LogP contribution is 2.50. The number of pyridine rings is 1. The summed E-state index contributed by atoms with van der Waals surface area (Å²) >= 11 is 0. The van der Waals surface area contributed by atoms with Crippen molar-refractivity contribution in [3.05, 3.63) is 126 Å². The van der Waals surface area contributed by atoms with E-state index < -0.39 is 20.2 Å². The number of likely N-dealkylation sites (tertiary alicyclic amines) is 1. The SMILES string of the molecule is CN1C(=O)[C@@H]2[C@@H](CC(CO[Si](c3ccccc3)(c3ccccc3)C(C)(C)C)=C3[C@@H](CC/C(=C/c4ccc(CO)o4)c4ccccn4)OC[C@@H]32)C1=O. The van der Waals surface area contributed by atoms with Crippen LogP contribution >= 0.6 is 0 Å². The van der Waals surface area contributed by atoms with Gasteiger partial charge in [0.2, 0.25) is 11.8 Å². The molecular formula is C42H46N2O6Si. The van der Waals surface area contributed by atoms with Gasteiger partial charge in [0.05, 0.1) is 36.8 Å². The molecule has 0 saturated carbocycles. The molecular weight excluding hydrogens is 657 g/mol. The fourth-order valence-corrected chi connectivity index (χ4v) is 13.1. The molecule has 1 N–H and O–H groups in total. The van der Waals surface area contributed by atoms with Crippen LogP contribution in [-0.4, -0.2) is 61.5 Å². The molecule has 8 nitrogen and oxygen atoms in total. The van der Waals surface area contributed by atoms with Gasteiger partial charge >= 0.3 is 0 Å². The lowest BCUT2D eigenvalue weighted by molar-refractivity contribution is -0.138. The summed E-state index contributed by atoms with van der Waals surface area (Å²) in [4.78, 5) is 33.0. The molecule has 0 unspecified atom stereocenters. The summed E-state index contributed by atoms with van der Waals surface area (Å²) in [5.41, 5.74) is 4.01. The minimum atomic E-state index is -2.88.